The van der Waals surface area contributed by atoms with Crippen molar-refractivity contribution < 1.29 is 9.90 Å². The lowest BCUT2D eigenvalue weighted by atomic mass is 9.94. The lowest BCUT2D eigenvalue weighted by Gasteiger charge is -2.26. The highest BCUT2D eigenvalue weighted by Gasteiger charge is 2.15. The summed E-state index contributed by atoms with van der Waals surface area (Å²) in [6.45, 7) is 8.65. The first-order valence-corrected chi connectivity index (χ1v) is 5.99. The van der Waals surface area contributed by atoms with Crippen molar-refractivity contribution in [3.8, 4) is 0 Å². The number of rotatable bonds is 8. The highest BCUT2D eigenvalue weighted by Crippen LogP contribution is 2.13. The molecule has 0 saturated heterocycles. The van der Waals surface area contributed by atoms with Gasteiger partial charge >= 0.3 is 5.97 Å². The zero-order chi connectivity index (χ0) is 11.8. The van der Waals surface area contributed by atoms with E-state index < -0.39 is 5.97 Å². The topological polar surface area (TPSA) is 49.3 Å². The Bertz CT molecular complexity index is 178. The van der Waals surface area contributed by atoms with Gasteiger partial charge in [-0.3, -0.25) is 4.79 Å². The molecule has 15 heavy (non-hydrogen) atoms. The average Bonchev–Trinajstić information content (AvgIpc) is 2.16. The molecule has 0 bridgehead atoms. The number of hydrogen-bond donors (Lipinski definition) is 2. The smallest absolute Gasteiger partial charge is 0.303 e. The van der Waals surface area contributed by atoms with Gasteiger partial charge in [-0.25, -0.2) is 0 Å². The maximum absolute atomic E-state index is 10.4. The zero-order valence-corrected chi connectivity index (χ0v) is 10.4. The van der Waals surface area contributed by atoms with Crippen LogP contribution in [0.5, 0.6) is 0 Å². The Labute approximate surface area is 93.3 Å². The summed E-state index contributed by atoms with van der Waals surface area (Å²) in [7, 11) is 0. The van der Waals surface area contributed by atoms with Gasteiger partial charge in [-0.05, 0) is 26.2 Å². The predicted octanol–water partition coefficient (Wildman–Crippen LogP) is 2.65. The molecule has 0 spiro atoms. The Kier molecular flexibility index (Phi) is 7.39. The predicted molar refractivity (Wildman–Crippen MR) is 63.0 cm³/mol. The molecule has 2 N–H and O–H groups in total. The van der Waals surface area contributed by atoms with Crippen LogP contribution in [-0.4, -0.2) is 23.2 Å². The van der Waals surface area contributed by atoms with Crippen LogP contribution in [0.1, 0.15) is 53.4 Å². The van der Waals surface area contributed by atoms with E-state index in [0.29, 0.717) is 18.4 Å². The van der Waals surface area contributed by atoms with Crippen molar-refractivity contribution in [1.29, 1.82) is 0 Å². The van der Waals surface area contributed by atoms with E-state index in [1.54, 1.807) is 0 Å². The normalized spacial score (nSPS) is 15.3. The molecular formula is C12H25NO2. The second-order valence-electron chi connectivity index (χ2n) is 4.37. The van der Waals surface area contributed by atoms with Crippen molar-refractivity contribution in [2.75, 3.05) is 0 Å². The van der Waals surface area contributed by atoms with Crippen LogP contribution in [0.2, 0.25) is 0 Å². The third kappa shape index (κ3) is 6.50. The van der Waals surface area contributed by atoms with Gasteiger partial charge in [0.1, 0.15) is 0 Å². The quantitative estimate of drug-likeness (QED) is 0.654. The minimum absolute atomic E-state index is 0.254. The molecule has 0 aromatic carbocycles. The van der Waals surface area contributed by atoms with E-state index in [4.69, 9.17) is 5.11 Å². The number of aliphatic carboxylic acids is 1. The molecule has 0 aromatic rings. The maximum Gasteiger partial charge on any atom is 0.303 e. The summed E-state index contributed by atoms with van der Waals surface area (Å²) < 4.78 is 0. The maximum atomic E-state index is 10.4. The van der Waals surface area contributed by atoms with E-state index in [2.05, 4.69) is 33.0 Å². The van der Waals surface area contributed by atoms with E-state index in [0.717, 1.165) is 0 Å². The fourth-order valence-corrected chi connectivity index (χ4v) is 2.00. The Morgan fingerprint density at radius 2 is 1.80 bits per heavy atom. The lowest BCUT2D eigenvalue weighted by molar-refractivity contribution is -0.137. The third-order valence-corrected chi connectivity index (χ3v) is 3.09. The summed E-state index contributed by atoms with van der Waals surface area (Å²) in [5, 5.41) is 12.0. The summed E-state index contributed by atoms with van der Waals surface area (Å²) in [5.41, 5.74) is 0. The van der Waals surface area contributed by atoms with Crippen LogP contribution >= 0.6 is 0 Å². The molecule has 3 nitrogen and oxygen atoms in total. The summed E-state index contributed by atoms with van der Waals surface area (Å²) in [4.78, 5) is 10.4. The van der Waals surface area contributed by atoms with Gasteiger partial charge in [-0.15, -0.1) is 0 Å². The van der Waals surface area contributed by atoms with Crippen molar-refractivity contribution in [2.45, 2.75) is 65.5 Å². The number of nitrogens with one attached hydrogen (secondary N) is 1. The standard InChI is InChI=1S/C12H25NO2/c1-5-11(6-2)10(4)13-9(3)7-8-12(14)15/h9-11,13H,5-8H2,1-4H3,(H,14,15). The first kappa shape index (κ1) is 14.4. The second kappa shape index (κ2) is 7.69. The molecule has 0 aliphatic rings. The van der Waals surface area contributed by atoms with Gasteiger partial charge in [0.15, 0.2) is 0 Å². The van der Waals surface area contributed by atoms with Crippen LogP contribution in [0, 0.1) is 5.92 Å². The molecule has 0 amide bonds. The summed E-state index contributed by atoms with van der Waals surface area (Å²) >= 11 is 0. The fraction of sp³-hybridized carbons (Fsp3) is 0.917. The minimum Gasteiger partial charge on any atom is -0.481 e. The van der Waals surface area contributed by atoms with Gasteiger partial charge in [0.05, 0.1) is 0 Å². The average molecular weight is 215 g/mol. The van der Waals surface area contributed by atoms with Crippen LogP contribution in [-0.2, 0) is 4.79 Å². The molecule has 90 valence electrons. The van der Waals surface area contributed by atoms with E-state index in [-0.39, 0.29) is 12.5 Å². The van der Waals surface area contributed by atoms with E-state index in [1.165, 1.54) is 12.8 Å². The van der Waals surface area contributed by atoms with Crippen molar-refractivity contribution in [3.63, 3.8) is 0 Å². The van der Waals surface area contributed by atoms with Crippen molar-refractivity contribution in [1.82, 2.24) is 5.32 Å². The molecular weight excluding hydrogens is 190 g/mol. The van der Waals surface area contributed by atoms with Crippen LogP contribution in [0.25, 0.3) is 0 Å². The van der Waals surface area contributed by atoms with Crippen molar-refractivity contribution in [3.05, 3.63) is 0 Å². The van der Waals surface area contributed by atoms with Gasteiger partial charge in [0, 0.05) is 18.5 Å². The molecule has 0 aromatic heterocycles. The van der Waals surface area contributed by atoms with Gasteiger partial charge in [0.25, 0.3) is 0 Å². The molecule has 0 rings (SSSR count). The van der Waals surface area contributed by atoms with Crippen LogP contribution < -0.4 is 5.32 Å². The molecule has 2 atom stereocenters. The number of carbonyl (C=O) groups is 1. The van der Waals surface area contributed by atoms with E-state index in [9.17, 15) is 4.79 Å². The van der Waals surface area contributed by atoms with Crippen molar-refractivity contribution in [2.24, 2.45) is 5.92 Å². The van der Waals surface area contributed by atoms with Crippen LogP contribution in [0.15, 0.2) is 0 Å². The highest BCUT2D eigenvalue weighted by atomic mass is 16.4. The summed E-state index contributed by atoms with van der Waals surface area (Å²) in [6, 6.07) is 0.764. The van der Waals surface area contributed by atoms with Gasteiger partial charge < -0.3 is 10.4 Å². The van der Waals surface area contributed by atoms with Crippen LogP contribution in [0.3, 0.4) is 0 Å². The molecule has 0 aliphatic carbocycles. The summed E-state index contributed by atoms with van der Waals surface area (Å²) in [5.74, 6) is -0.0175. The molecule has 0 aliphatic heterocycles. The molecule has 0 fully saturated rings. The Morgan fingerprint density at radius 3 is 2.20 bits per heavy atom. The Morgan fingerprint density at radius 1 is 1.27 bits per heavy atom. The lowest BCUT2D eigenvalue weighted by Crippen LogP contribution is -2.39. The first-order chi connectivity index (χ1) is 7.01. The van der Waals surface area contributed by atoms with Crippen molar-refractivity contribution >= 4 is 5.97 Å². The van der Waals surface area contributed by atoms with E-state index >= 15 is 0 Å². The van der Waals surface area contributed by atoms with Gasteiger partial charge in [-0.1, -0.05) is 26.7 Å². The number of carboxylic acids is 1. The molecule has 2 unspecified atom stereocenters. The third-order valence-electron chi connectivity index (χ3n) is 3.09. The highest BCUT2D eigenvalue weighted by molar-refractivity contribution is 5.66. The fourth-order valence-electron chi connectivity index (χ4n) is 2.00. The van der Waals surface area contributed by atoms with Crippen LogP contribution in [0.4, 0.5) is 0 Å². The largest absolute Gasteiger partial charge is 0.481 e. The number of hydrogen-bond acceptors (Lipinski definition) is 2. The first-order valence-electron chi connectivity index (χ1n) is 5.99. The monoisotopic (exact) mass is 215 g/mol. The zero-order valence-electron chi connectivity index (χ0n) is 10.4. The van der Waals surface area contributed by atoms with Gasteiger partial charge in [-0.2, -0.15) is 0 Å². The minimum atomic E-state index is -0.709. The number of carboxylic acid groups (broad SMARTS) is 1. The second-order valence-corrected chi connectivity index (χ2v) is 4.37. The molecule has 3 heteroatoms. The Balaban J connectivity index is 3.83. The molecule has 0 heterocycles. The molecule has 0 saturated carbocycles. The summed E-state index contributed by atoms with van der Waals surface area (Å²) in [6.07, 6.45) is 3.32. The molecule has 0 radical (unpaired) electrons. The SMILES string of the molecule is CCC(CC)C(C)NC(C)CCC(=O)O. The van der Waals surface area contributed by atoms with Gasteiger partial charge in [0.2, 0.25) is 0 Å². The van der Waals surface area contributed by atoms with E-state index in [1.807, 2.05) is 0 Å². The Hall–Kier alpha value is -0.570.